The van der Waals surface area contributed by atoms with Crippen LogP contribution in [0.1, 0.15) is 76.8 Å². The number of ether oxygens (including phenoxy) is 2. The smallest absolute Gasteiger partial charge is 0.335 e. The predicted molar refractivity (Wildman–Crippen MR) is 120 cm³/mol. The fourth-order valence-electron chi connectivity index (χ4n) is 4.11. The van der Waals surface area contributed by atoms with E-state index in [1.807, 2.05) is 26.0 Å². The van der Waals surface area contributed by atoms with Crippen LogP contribution in [0.15, 0.2) is 36.4 Å². The molecule has 166 valence electrons. The van der Waals surface area contributed by atoms with Crippen LogP contribution in [-0.2, 0) is 0 Å². The number of carboxylic acid groups (broad SMARTS) is 1. The molecule has 0 heterocycles. The summed E-state index contributed by atoms with van der Waals surface area (Å²) >= 11 is 0. The summed E-state index contributed by atoms with van der Waals surface area (Å²) in [6, 6.07) is 10.2. The molecule has 0 aromatic heterocycles. The second kappa shape index (κ2) is 11.0. The molecule has 0 radical (unpaired) electrons. The quantitative estimate of drug-likeness (QED) is 0.354. The van der Waals surface area contributed by atoms with E-state index in [2.05, 4.69) is 0 Å². The molecule has 0 bridgehead atoms. The Morgan fingerprint density at radius 1 is 0.903 bits per heavy atom. The number of hydrogen-bond acceptors (Lipinski definition) is 4. The second-order valence-electron chi connectivity index (χ2n) is 8.37. The van der Waals surface area contributed by atoms with E-state index in [0.717, 1.165) is 35.3 Å². The highest BCUT2D eigenvalue weighted by Crippen LogP contribution is 2.31. The maximum absolute atomic E-state index is 12.7. The Kier molecular flexibility index (Phi) is 8.10. The van der Waals surface area contributed by atoms with Crippen LogP contribution in [0.5, 0.6) is 11.5 Å². The fourth-order valence-corrected chi connectivity index (χ4v) is 4.11. The number of unbranched alkanes of at least 4 members (excludes halogenated alkanes) is 1. The second-order valence-corrected chi connectivity index (χ2v) is 8.37. The third kappa shape index (κ3) is 6.33. The molecule has 5 heteroatoms. The van der Waals surface area contributed by atoms with Gasteiger partial charge < -0.3 is 14.6 Å². The van der Waals surface area contributed by atoms with Crippen LogP contribution in [-0.4, -0.2) is 30.1 Å². The molecule has 0 atom stereocenters. The Balaban J connectivity index is 1.41. The summed E-state index contributed by atoms with van der Waals surface area (Å²) in [5.74, 6) is 1.36. The van der Waals surface area contributed by atoms with E-state index >= 15 is 0 Å². The van der Waals surface area contributed by atoms with Gasteiger partial charge in [0.15, 0.2) is 5.78 Å². The molecular weight excluding hydrogens is 392 g/mol. The zero-order chi connectivity index (χ0) is 22.2. The Bertz CT molecular complexity index is 895. The average molecular weight is 425 g/mol. The van der Waals surface area contributed by atoms with Gasteiger partial charge in [0, 0.05) is 12.0 Å². The average Bonchev–Trinajstić information content (AvgIpc) is 3.26. The Hall–Kier alpha value is -2.82. The monoisotopic (exact) mass is 424 g/mol. The molecular formula is C26H32O5. The van der Waals surface area contributed by atoms with Crippen LogP contribution in [0.4, 0.5) is 0 Å². The van der Waals surface area contributed by atoms with Crippen LogP contribution in [0.3, 0.4) is 0 Å². The number of aromatic carboxylic acids is 1. The molecule has 2 aromatic carbocycles. The number of benzene rings is 2. The van der Waals surface area contributed by atoms with Gasteiger partial charge in [0.1, 0.15) is 11.5 Å². The number of hydrogen-bond donors (Lipinski definition) is 1. The predicted octanol–water partition coefficient (Wildman–Crippen LogP) is 6.00. The van der Waals surface area contributed by atoms with E-state index in [-0.39, 0.29) is 11.3 Å². The summed E-state index contributed by atoms with van der Waals surface area (Å²) in [5.41, 5.74) is 3.14. The van der Waals surface area contributed by atoms with E-state index in [9.17, 15) is 9.59 Å². The summed E-state index contributed by atoms with van der Waals surface area (Å²) in [5, 5.41) is 8.91. The minimum absolute atomic E-state index is 0.248. The highest BCUT2D eigenvalue weighted by molar-refractivity contribution is 5.98. The van der Waals surface area contributed by atoms with Gasteiger partial charge >= 0.3 is 5.97 Å². The molecule has 3 rings (SSSR count). The van der Waals surface area contributed by atoms with Gasteiger partial charge in [0.2, 0.25) is 0 Å². The van der Waals surface area contributed by atoms with Gasteiger partial charge in [-0.15, -0.1) is 0 Å². The normalized spacial score (nSPS) is 13.9. The van der Waals surface area contributed by atoms with Crippen LogP contribution >= 0.6 is 0 Å². The molecule has 5 nitrogen and oxygen atoms in total. The Morgan fingerprint density at radius 2 is 1.55 bits per heavy atom. The van der Waals surface area contributed by atoms with Crippen LogP contribution < -0.4 is 9.47 Å². The molecule has 1 aliphatic carbocycles. The molecule has 31 heavy (non-hydrogen) atoms. The summed E-state index contributed by atoms with van der Waals surface area (Å²) in [6.45, 7) is 5.15. The first-order valence-electron chi connectivity index (χ1n) is 11.2. The van der Waals surface area contributed by atoms with Crippen LogP contribution in [0.2, 0.25) is 0 Å². The summed E-state index contributed by atoms with van der Waals surface area (Å²) in [4.78, 5) is 23.6. The van der Waals surface area contributed by atoms with E-state index in [1.165, 1.54) is 37.8 Å². The molecule has 0 aliphatic heterocycles. The number of carbonyl (C=O) groups excluding carboxylic acids is 1. The van der Waals surface area contributed by atoms with E-state index in [1.54, 1.807) is 12.1 Å². The van der Waals surface area contributed by atoms with Crippen molar-refractivity contribution in [2.75, 3.05) is 13.2 Å². The standard InChI is InChI=1S/C26H32O5/c1-18-19(2)25(14-13-23(18)24(27)17-20-7-3-4-8-20)31-16-6-5-15-30-22-11-9-21(10-12-22)26(28)29/h9-14,20H,3-8,15-17H2,1-2H3,(H,28,29). The van der Waals surface area contributed by atoms with Gasteiger partial charge in [0.05, 0.1) is 18.8 Å². The largest absolute Gasteiger partial charge is 0.494 e. The number of rotatable bonds is 11. The van der Waals surface area contributed by atoms with Crippen molar-refractivity contribution in [1.82, 2.24) is 0 Å². The molecule has 1 fully saturated rings. The van der Waals surface area contributed by atoms with Crippen molar-refractivity contribution in [3.63, 3.8) is 0 Å². The lowest BCUT2D eigenvalue weighted by molar-refractivity contribution is 0.0696. The molecule has 1 saturated carbocycles. The number of Topliss-reactive ketones (excluding diaryl/α,β-unsaturated/α-hetero) is 1. The van der Waals surface area contributed by atoms with Crippen molar-refractivity contribution in [2.45, 2.75) is 58.8 Å². The van der Waals surface area contributed by atoms with Gasteiger partial charge in [-0.2, -0.15) is 0 Å². The van der Waals surface area contributed by atoms with Gasteiger partial charge in [-0.1, -0.05) is 25.7 Å². The molecule has 0 saturated heterocycles. The van der Waals surface area contributed by atoms with E-state index in [0.29, 0.717) is 31.3 Å². The van der Waals surface area contributed by atoms with E-state index < -0.39 is 5.97 Å². The first-order valence-corrected chi connectivity index (χ1v) is 11.2. The molecule has 2 aromatic rings. The minimum atomic E-state index is -0.944. The van der Waals surface area contributed by atoms with Crippen molar-refractivity contribution in [3.05, 3.63) is 58.7 Å². The molecule has 0 amide bonds. The molecule has 1 aliphatic rings. The molecule has 0 unspecified atom stereocenters. The number of ketones is 1. The SMILES string of the molecule is Cc1c(OCCCCOc2ccc(C(=O)O)cc2)ccc(C(=O)CC2CCCC2)c1C. The van der Waals surface area contributed by atoms with Gasteiger partial charge in [-0.05, 0) is 80.1 Å². The van der Waals surface area contributed by atoms with E-state index in [4.69, 9.17) is 14.6 Å². The maximum atomic E-state index is 12.7. The molecule has 0 spiro atoms. The zero-order valence-corrected chi connectivity index (χ0v) is 18.5. The first kappa shape index (κ1) is 22.9. The minimum Gasteiger partial charge on any atom is -0.494 e. The van der Waals surface area contributed by atoms with Crippen LogP contribution in [0.25, 0.3) is 0 Å². The number of carbonyl (C=O) groups is 2. The van der Waals surface area contributed by atoms with Crippen molar-refractivity contribution < 1.29 is 24.2 Å². The highest BCUT2D eigenvalue weighted by Gasteiger charge is 2.21. The van der Waals surface area contributed by atoms with Crippen molar-refractivity contribution in [3.8, 4) is 11.5 Å². The summed E-state index contributed by atoms with van der Waals surface area (Å²) in [6.07, 6.45) is 7.21. The lowest BCUT2D eigenvalue weighted by Crippen LogP contribution is -2.09. The summed E-state index contributed by atoms with van der Waals surface area (Å²) < 4.78 is 11.6. The van der Waals surface area contributed by atoms with Gasteiger partial charge in [-0.3, -0.25) is 4.79 Å². The zero-order valence-electron chi connectivity index (χ0n) is 18.5. The van der Waals surface area contributed by atoms with Gasteiger partial charge in [0.25, 0.3) is 0 Å². The van der Waals surface area contributed by atoms with Crippen molar-refractivity contribution >= 4 is 11.8 Å². The van der Waals surface area contributed by atoms with Crippen LogP contribution in [0, 0.1) is 19.8 Å². The summed E-state index contributed by atoms with van der Waals surface area (Å²) in [7, 11) is 0. The lowest BCUT2D eigenvalue weighted by atomic mass is 9.92. The fraction of sp³-hybridized carbons (Fsp3) is 0.462. The third-order valence-corrected chi connectivity index (χ3v) is 6.15. The van der Waals surface area contributed by atoms with Gasteiger partial charge in [-0.25, -0.2) is 4.79 Å². The Labute approximate surface area is 184 Å². The van der Waals surface area contributed by atoms with Crippen molar-refractivity contribution in [1.29, 1.82) is 0 Å². The third-order valence-electron chi connectivity index (χ3n) is 6.15. The lowest BCUT2D eigenvalue weighted by Gasteiger charge is -2.15. The highest BCUT2D eigenvalue weighted by atomic mass is 16.5. The maximum Gasteiger partial charge on any atom is 0.335 e. The number of carboxylic acids is 1. The molecule has 1 N–H and O–H groups in total. The first-order chi connectivity index (χ1) is 15.0. The topological polar surface area (TPSA) is 72.8 Å². The van der Waals surface area contributed by atoms with Crippen molar-refractivity contribution in [2.24, 2.45) is 5.92 Å². The Morgan fingerprint density at radius 3 is 2.19 bits per heavy atom.